The molecular formula is C11H11F2NO2S. The zero-order chi connectivity index (χ0) is 13.1. The largest absolute Gasteiger partial charge is 0.240 e. The number of nitrogens with one attached hydrogen (secondary N) is 1. The van der Waals surface area contributed by atoms with Gasteiger partial charge in [0.25, 0.3) is 0 Å². The van der Waals surface area contributed by atoms with E-state index in [0.29, 0.717) is 6.07 Å². The highest BCUT2D eigenvalue weighted by molar-refractivity contribution is 7.89. The number of terminal acetylenes is 1. The van der Waals surface area contributed by atoms with Crippen molar-refractivity contribution in [3.05, 3.63) is 29.8 Å². The highest BCUT2D eigenvalue weighted by Crippen LogP contribution is 2.14. The average molecular weight is 259 g/mol. The Bertz CT molecular complexity index is 549. The van der Waals surface area contributed by atoms with Crippen LogP contribution in [0, 0.1) is 24.0 Å². The second-order valence-corrected chi connectivity index (χ2v) is 5.22. The minimum Gasteiger partial charge on any atom is -0.207 e. The molecule has 1 atom stereocenters. The molecule has 1 N–H and O–H groups in total. The van der Waals surface area contributed by atoms with E-state index in [2.05, 4.69) is 10.6 Å². The van der Waals surface area contributed by atoms with E-state index in [1.165, 1.54) is 0 Å². The molecule has 0 aliphatic rings. The van der Waals surface area contributed by atoms with Crippen LogP contribution in [0.5, 0.6) is 0 Å². The van der Waals surface area contributed by atoms with Gasteiger partial charge in [0.2, 0.25) is 10.0 Å². The van der Waals surface area contributed by atoms with Crippen molar-refractivity contribution in [3.63, 3.8) is 0 Å². The molecule has 0 aromatic heterocycles. The number of halogens is 2. The molecule has 1 unspecified atom stereocenters. The van der Waals surface area contributed by atoms with Crippen LogP contribution < -0.4 is 4.72 Å². The molecule has 0 amide bonds. The number of hydrogen-bond acceptors (Lipinski definition) is 2. The fraction of sp³-hybridized carbons (Fsp3) is 0.273. The van der Waals surface area contributed by atoms with E-state index in [9.17, 15) is 17.2 Å². The van der Waals surface area contributed by atoms with Gasteiger partial charge in [-0.05, 0) is 25.1 Å². The Morgan fingerprint density at radius 1 is 1.41 bits per heavy atom. The number of rotatable bonds is 4. The van der Waals surface area contributed by atoms with Gasteiger partial charge in [0.05, 0.1) is 4.90 Å². The molecule has 92 valence electrons. The molecule has 0 heterocycles. The van der Waals surface area contributed by atoms with Crippen molar-refractivity contribution in [2.45, 2.75) is 24.3 Å². The summed E-state index contributed by atoms with van der Waals surface area (Å²) < 4.78 is 51.2. The minimum absolute atomic E-state index is 0.211. The van der Waals surface area contributed by atoms with Gasteiger partial charge < -0.3 is 0 Å². The molecule has 0 bridgehead atoms. The topological polar surface area (TPSA) is 46.2 Å². The van der Waals surface area contributed by atoms with Crippen molar-refractivity contribution in [2.24, 2.45) is 0 Å². The SMILES string of the molecule is C#CCC(C)NS(=O)(=O)c1ccc(F)c(F)c1. The van der Waals surface area contributed by atoms with Crippen LogP contribution in [0.2, 0.25) is 0 Å². The molecule has 1 aromatic rings. The van der Waals surface area contributed by atoms with Crippen LogP contribution in [0.4, 0.5) is 8.78 Å². The first-order valence-electron chi connectivity index (χ1n) is 4.77. The summed E-state index contributed by atoms with van der Waals surface area (Å²) in [4.78, 5) is -0.333. The molecule has 0 saturated heterocycles. The first-order chi connectivity index (χ1) is 7.86. The van der Waals surface area contributed by atoms with Crippen LogP contribution in [0.1, 0.15) is 13.3 Å². The molecule has 17 heavy (non-hydrogen) atoms. The van der Waals surface area contributed by atoms with E-state index in [1.54, 1.807) is 6.92 Å². The highest BCUT2D eigenvalue weighted by atomic mass is 32.2. The molecular weight excluding hydrogens is 248 g/mol. The normalized spacial score (nSPS) is 13.1. The Morgan fingerprint density at radius 2 is 2.06 bits per heavy atom. The second kappa shape index (κ2) is 5.25. The van der Waals surface area contributed by atoms with Crippen molar-refractivity contribution in [3.8, 4) is 12.3 Å². The Labute approximate surface area is 98.9 Å². The first kappa shape index (κ1) is 13.6. The van der Waals surface area contributed by atoms with E-state index in [-0.39, 0.29) is 11.3 Å². The third-order valence-electron chi connectivity index (χ3n) is 1.98. The first-order valence-corrected chi connectivity index (χ1v) is 6.26. The Hall–Kier alpha value is -1.45. The molecule has 3 nitrogen and oxygen atoms in total. The van der Waals surface area contributed by atoms with Crippen molar-refractivity contribution in [1.29, 1.82) is 0 Å². The zero-order valence-corrected chi connectivity index (χ0v) is 9.89. The van der Waals surface area contributed by atoms with Crippen LogP contribution in [-0.4, -0.2) is 14.5 Å². The molecule has 0 aliphatic carbocycles. The predicted octanol–water partition coefficient (Wildman–Crippen LogP) is 1.65. The lowest BCUT2D eigenvalue weighted by Crippen LogP contribution is -2.32. The van der Waals surface area contributed by atoms with Crippen LogP contribution in [0.3, 0.4) is 0 Å². The summed E-state index contributed by atoms with van der Waals surface area (Å²) >= 11 is 0. The lowest BCUT2D eigenvalue weighted by Gasteiger charge is -2.11. The molecule has 1 aromatic carbocycles. The standard InChI is InChI=1S/C11H11F2NO2S/c1-3-4-8(2)14-17(15,16)9-5-6-10(12)11(13)7-9/h1,5-8,14H,4H2,2H3. The van der Waals surface area contributed by atoms with Gasteiger partial charge in [-0.15, -0.1) is 12.3 Å². The minimum atomic E-state index is -3.87. The van der Waals surface area contributed by atoms with E-state index in [4.69, 9.17) is 6.42 Å². The smallest absolute Gasteiger partial charge is 0.207 e. The van der Waals surface area contributed by atoms with Gasteiger partial charge in [-0.1, -0.05) is 0 Å². The van der Waals surface area contributed by atoms with Gasteiger partial charge in [-0.25, -0.2) is 21.9 Å². The van der Waals surface area contributed by atoms with Gasteiger partial charge in [0.1, 0.15) is 0 Å². The maximum absolute atomic E-state index is 12.9. The summed E-state index contributed by atoms with van der Waals surface area (Å²) in [5.74, 6) is -0.00632. The zero-order valence-electron chi connectivity index (χ0n) is 9.07. The lowest BCUT2D eigenvalue weighted by atomic mass is 10.3. The summed E-state index contributed by atoms with van der Waals surface area (Å²) in [6.45, 7) is 1.58. The molecule has 0 saturated carbocycles. The Morgan fingerprint density at radius 3 is 2.59 bits per heavy atom. The summed E-state index contributed by atoms with van der Waals surface area (Å²) in [5, 5.41) is 0. The van der Waals surface area contributed by atoms with Gasteiger partial charge >= 0.3 is 0 Å². The summed E-state index contributed by atoms with van der Waals surface area (Å²) in [6.07, 6.45) is 5.25. The summed E-state index contributed by atoms with van der Waals surface area (Å²) in [5.41, 5.74) is 0. The van der Waals surface area contributed by atoms with E-state index in [1.807, 2.05) is 0 Å². The fourth-order valence-electron chi connectivity index (χ4n) is 1.20. The molecule has 1 rings (SSSR count). The van der Waals surface area contributed by atoms with E-state index < -0.39 is 27.7 Å². The summed E-state index contributed by atoms with van der Waals surface area (Å²) in [7, 11) is -3.87. The van der Waals surface area contributed by atoms with Gasteiger partial charge in [-0.3, -0.25) is 0 Å². The second-order valence-electron chi connectivity index (χ2n) is 3.51. The molecule has 0 aliphatic heterocycles. The van der Waals surface area contributed by atoms with Crippen molar-refractivity contribution in [1.82, 2.24) is 4.72 Å². The summed E-state index contributed by atoms with van der Waals surface area (Å²) in [6, 6.07) is 1.90. The van der Waals surface area contributed by atoms with Crippen LogP contribution >= 0.6 is 0 Å². The van der Waals surface area contributed by atoms with Crippen molar-refractivity contribution in [2.75, 3.05) is 0 Å². The Balaban J connectivity index is 2.98. The van der Waals surface area contributed by atoms with Crippen molar-refractivity contribution < 1.29 is 17.2 Å². The van der Waals surface area contributed by atoms with Gasteiger partial charge in [0, 0.05) is 12.5 Å². The molecule has 0 radical (unpaired) electrons. The quantitative estimate of drug-likeness (QED) is 0.836. The predicted molar refractivity (Wildman–Crippen MR) is 59.6 cm³/mol. The maximum Gasteiger partial charge on any atom is 0.240 e. The van der Waals surface area contributed by atoms with Crippen LogP contribution in [0.15, 0.2) is 23.1 Å². The number of benzene rings is 1. The average Bonchev–Trinajstić information content (AvgIpc) is 2.21. The number of sulfonamides is 1. The third-order valence-corrected chi connectivity index (χ3v) is 3.57. The van der Waals surface area contributed by atoms with Gasteiger partial charge in [-0.2, -0.15) is 0 Å². The number of hydrogen-bond donors (Lipinski definition) is 1. The lowest BCUT2D eigenvalue weighted by molar-refractivity contribution is 0.503. The van der Waals surface area contributed by atoms with E-state index in [0.717, 1.165) is 12.1 Å². The highest BCUT2D eigenvalue weighted by Gasteiger charge is 2.18. The van der Waals surface area contributed by atoms with E-state index >= 15 is 0 Å². The van der Waals surface area contributed by atoms with Crippen LogP contribution in [0.25, 0.3) is 0 Å². The Kier molecular flexibility index (Phi) is 4.21. The molecule has 0 spiro atoms. The van der Waals surface area contributed by atoms with Gasteiger partial charge in [0.15, 0.2) is 11.6 Å². The fourth-order valence-corrected chi connectivity index (χ4v) is 2.45. The van der Waals surface area contributed by atoms with Crippen molar-refractivity contribution >= 4 is 10.0 Å². The van der Waals surface area contributed by atoms with Crippen LogP contribution in [-0.2, 0) is 10.0 Å². The monoisotopic (exact) mass is 259 g/mol. The molecule has 6 heteroatoms. The molecule has 0 fully saturated rings. The third kappa shape index (κ3) is 3.51. The maximum atomic E-state index is 12.9.